The second kappa shape index (κ2) is 3.07. The SMILES string of the molecule is Cc1ncoc1C(=O)N1CC(O)(C2CC2)C1. The number of oxazole rings is 1. The Bertz CT molecular complexity index is 430. The minimum atomic E-state index is -0.635. The van der Waals surface area contributed by atoms with E-state index in [1.165, 1.54) is 6.39 Å². The molecule has 1 N–H and O–H groups in total. The van der Waals surface area contributed by atoms with Crippen molar-refractivity contribution in [1.82, 2.24) is 9.88 Å². The number of carbonyl (C=O) groups excluding carboxylic acids is 1. The van der Waals surface area contributed by atoms with Crippen LogP contribution in [0.1, 0.15) is 29.1 Å². The zero-order chi connectivity index (χ0) is 11.3. The summed E-state index contributed by atoms with van der Waals surface area (Å²) in [5, 5.41) is 10.1. The van der Waals surface area contributed by atoms with Crippen molar-refractivity contribution in [3.8, 4) is 0 Å². The highest BCUT2D eigenvalue weighted by atomic mass is 16.4. The van der Waals surface area contributed by atoms with Gasteiger partial charge in [0.25, 0.3) is 5.91 Å². The van der Waals surface area contributed by atoms with E-state index in [0.29, 0.717) is 24.7 Å². The van der Waals surface area contributed by atoms with Crippen LogP contribution >= 0.6 is 0 Å². The second-order valence-corrected chi connectivity index (χ2v) is 4.81. The molecule has 0 bridgehead atoms. The monoisotopic (exact) mass is 222 g/mol. The fraction of sp³-hybridized carbons (Fsp3) is 0.636. The maximum atomic E-state index is 11.9. The molecule has 1 aliphatic heterocycles. The minimum Gasteiger partial charge on any atom is -0.438 e. The highest BCUT2D eigenvalue weighted by Crippen LogP contribution is 2.44. The molecule has 86 valence electrons. The van der Waals surface area contributed by atoms with E-state index in [1.54, 1.807) is 11.8 Å². The predicted molar refractivity (Wildman–Crippen MR) is 54.8 cm³/mol. The zero-order valence-electron chi connectivity index (χ0n) is 9.14. The fourth-order valence-electron chi connectivity index (χ4n) is 2.29. The maximum Gasteiger partial charge on any atom is 0.291 e. The lowest BCUT2D eigenvalue weighted by molar-refractivity contribution is -0.0965. The number of aromatic nitrogens is 1. The van der Waals surface area contributed by atoms with Crippen molar-refractivity contribution < 1.29 is 14.3 Å². The van der Waals surface area contributed by atoms with Crippen molar-refractivity contribution in [2.75, 3.05) is 13.1 Å². The van der Waals surface area contributed by atoms with E-state index in [9.17, 15) is 9.90 Å². The molecule has 1 saturated carbocycles. The van der Waals surface area contributed by atoms with Gasteiger partial charge in [-0.15, -0.1) is 0 Å². The van der Waals surface area contributed by atoms with Gasteiger partial charge in [0.05, 0.1) is 18.8 Å². The molecule has 3 rings (SSSR count). The number of carbonyl (C=O) groups is 1. The third-order valence-electron chi connectivity index (χ3n) is 3.49. The zero-order valence-corrected chi connectivity index (χ0v) is 9.14. The molecule has 1 amide bonds. The van der Waals surface area contributed by atoms with Crippen LogP contribution < -0.4 is 0 Å². The van der Waals surface area contributed by atoms with Gasteiger partial charge in [-0.05, 0) is 25.7 Å². The number of aliphatic hydroxyl groups is 1. The van der Waals surface area contributed by atoms with Crippen LogP contribution in [-0.2, 0) is 0 Å². The molecule has 0 unspecified atom stereocenters. The minimum absolute atomic E-state index is 0.166. The topological polar surface area (TPSA) is 66.6 Å². The molecule has 2 heterocycles. The molecule has 0 atom stereocenters. The molecule has 1 saturated heterocycles. The number of aryl methyl sites for hydroxylation is 1. The van der Waals surface area contributed by atoms with Gasteiger partial charge in [-0.25, -0.2) is 4.98 Å². The van der Waals surface area contributed by atoms with Crippen LogP contribution in [0.5, 0.6) is 0 Å². The number of β-amino-alcohol motifs (C(OH)–C–C–N with tert-alkyl or cyclic N) is 1. The van der Waals surface area contributed by atoms with E-state index in [2.05, 4.69) is 4.98 Å². The molecular formula is C11H14N2O3. The molecule has 5 heteroatoms. The van der Waals surface area contributed by atoms with Gasteiger partial charge in [-0.2, -0.15) is 0 Å². The van der Waals surface area contributed by atoms with Gasteiger partial charge < -0.3 is 14.4 Å². The summed E-state index contributed by atoms with van der Waals surface area (Å²) in [5.41, 5.74) is -0.0318. The summed E-state index contributed by atoms with van der Waals surface area (Å²) in [6.07, 6.45) is 3.44. The molecule has 2 fully saturated rings. The first-order valence-electron chi connectivity index (χ1n) is 5.52. The van der Waals surface area contributed by atoms with Crippen LogP contribution in [0.25, 0.3) is 0 Å². The van der Waals surface area contributed by atoms with Crippen LogP contribution in [0.15, 0.2) is 10.8 Å². The van der Waals surface area contributed by atoms with E-state index in [0.717, 1.165) is 12.8 Å². The Morgan fingerprint density at radius 3 is 2.81 bits per heavy atom. The first-order chi connectivity index (χ1) is 7.60. The molecule has 16 heavy (non-hydrogen) atoms. The van der Waals surface area contributed by atoms with Crippen molar-refractivity contribution in [2.24, 2.45) is 5.92 Å². The van der Waals surface area contributed by atoms with Crippen molar-refractivity contribution in [2.45, 2.75) is 25.4 Å². The number of nitrogens with zero attached hydrogens (tertiary/aromatic N) is 2. The van der Waals surface area contributed by atoms with Gasteiger partial charge in [0.1, 0.15) is 5.60 Å². The molecule has 0 aromatic carbocycles. The van der Waals surface area contributed by atoms with E-state index in [4.69, 9.17) is 4.42 Å². The normalized spacial score (nSPS) is 23.0. The first-order valence-corrected chi connectivity index (χ1v) is 5.52. The van der Waals surface area contributed by atoms with Crippen LogP contribution in [0, 0.1) is 12.8 Å². The number of hydrogen-bond acceptors (Lipinski definition) is 4. The molecule has 2 aliphatic rings. The Hall–Kier alpha value is -1.36. The largest absolute Gasteiger partial charge is 0.438 e. The molecule has 1 aromatic rings. The molecule has 0 spiro atoms. The number of amides is 1. The number of rotatable bonds is 2. The van der Waals surface area contributed by atoms with Crippen molar-refractivity contribution in [3.05, 3.63) is 17.8 Å². The van der Waals surface area contributed by atoms with Crippen LogP contribution in [0.4, 0.5) is 0 Å². The average Bonchev–Trinajstić information content (AvgIpc) is 2.97. The van der Waals surface area contributed by atoms with E-state index in [-0.39, 0.29) is 11.7 Å². The van der Waals surface area contributed by atoms with Gasteiger partial charge in [0.2, 0.25) is 5.76 Å². The van der Waals surface area contributed by atoms with Crippen molar-refractivity contribution in [1.29, 1.82) is 0 Å². The average molecular weight is 222 g/mol. The van der Waals surface area contributed by atoms with E-state index < -0.39 is 5.60 Å². The van der Waals surface area contributed by atoms with Crippen molar-refractivity contribution in [3.63, 3.8) is 0 Å². The van der Waals surface area contributed by atoms with Gasteiger partial charge in [-0.1, -0.05) is 0 Å². The summed E-state index contributed by atoms with van der Waals surface area (Å²) in [7, 11) is 0. The summed E-state index contributed by atoms with van der Waals surface area (Å²) in [6.45, 7) is 2.59. The maximum absolute atomic E-state index is 11.9. The van der Waals surface area contributed by atoms with Crippen molar-refractivity contribution >= 4 is 5.91 Å². The quantitative estimate of drug-likeness (QED) is 0.794. The Balaban J connectivity index is 1.68. The van der Waals surface area contributed by atoms with E-state index in [1.807, 2.05) is 0 Å². The molecule has 0 radical (unpaired) electrons. The fourth-order valence-corrected chi connectivity index (χ4v) is 2.29. The highest BCUT2D eigenvalue weighted by molar-refractivity contribution is 5.93. The Morgan fingerprint density at radius 1 is 1.62 bits per heavy atom. The molecule has 1 aliphatic carbocycles. The third-order valence-corrected chi connectivity index (χ3v) is 3.49. The molecular weight excluding hydrogens is 208 g/mol. The third kappa shape index (κ3) is 1.35. The van der Waals surface area contributed by atoms with Gasteiger partial charge in [0.15, 0.2) is 6.39 Å². The summed E-state index contributed by atoms with van der Waals surface area (Å²) < 4.78 is 5.04. The summed E-state index contributed by atoms with van der Waals surface area (Å²) in [5.74, 6) is 0.519. The van der Waals surface area contributed by atoms with Crippen LogP contribution in [-0.4, -0.2) is 39.6 Å². The van der Waals surface area contributed by atoms with Crippen LogP contribution in [0.3, 0.4) is 0 Å². The van der Waals surface area contributed by atoms with Crippen LogP contribution in [0.2, 0.25) is 0 Å². The van der Waals surface area contributed by atoms with E-state index >= 15 is 0 Å². The lowest BCUT2D eigenvalue weighted by Gasteiger charge is -2.46. The second-order valence-electron chi connectivity index (χ2n) is 4.81. The smallest absolute Gasteiger partial charge is 0.291 e. The predicted octanol–water partition coefficient (Wildman–Crippen LogP) is 0.580. The first kappa shape index (κ1) is 9.84. The molecule has 5 nitrogen and oxygen atoms in total. The Morgan fingerprint density at radius 2 is 2.31 bits per heavy atom. The summed E-state index contributed by atoms with van der Waals surface area (Å²) in [6, 6.07) is 0. The Labute approximate surface area is 93.1 Å². The number of likely N-dealkylation sites (tertiary alicyclic amines) is 1. The summed E-state index contributed by atoms with van der Waals surface area (Å²) in [4.78, 5) is 17.4. The standard InChI is InChI=1S/C11H14N2O3/c1-7-9(16-6-12-7)10(14)13-4-11(15,5-13)8-2-3-8/h6,8,15H,2-5H2,1H3. The van der Waals surface area contributed by atoms with Gasteiger partial charge >= 0.3 is 0 Å². The number of hydrogen-bond donors (Lipinski definition) is 1. The highest BCUT2D eigenvalue weighted by Gasteiger charge is 2.53. The molecule has 1 aromatic heterocycles. The van der Waals surface area contributed by atoms with Gasteiger partial charge in [0, 0.05) is 0 Å². The van der Waals surface area contributed by atoms with Gasteiger partial charge in [-0.3, -0.25) is 4.79 Å². The summed E-state index contributed by atoms with van der Waals surface area (Å²) >= 11 is 0. The lowest BCUT2D eigenvalue weighted by atomic mass is 9.88. The Kier molecular flexibility index (Phi) is 1.89. The lowest BCUT2D eigenvalue weighted by Crippen LogP contribution is -2.64.